The predicted octanol–water partition coefficient (Wildman–Crippen LogP) is 13.6. The first-order valence-electron chi connectivity index (χ1n) is 18.3. The van der Waals surface area contributed by atoms with Gasteiger partial charge in [-0.3, -0.25) is 0 Å². The largest absolute Gasteiger partial charge is 0.0654 e. The molecule has 0 radical (unpaired) electrons. The molecule has 38 heavy (non-hydrogen) atoms. The van der Waals surface area contributed by atoms with Gasteiger partial charge in [0.15, 0.2) is 0 Å². The van der Waals surface area contributed by atoms with E-state index in [9.17, 15) is 0 Å². The highest BCUT2D eigenvalue weighted by molar-refractivity contribution is 5.07. The van der Waals surface area contributed by atoms with E-state index in [1.165, 1.54) is 109 Å². The van der Waals surface area contributed by atoms with Crippen molar-refractivity contribution in [2.75, 3.05) is 0 Å². The molecular weight excluding hydrogens is 456 g/mol. The molecule has 0 N–H and O–H groups in total. The second-order valence-corrected chi connectivity index (χ2v) is 15.6. The molecule has 0 saturated heterocycles. The standard InChI is InChI=1S/C38H74/c1-8-12-15-24-34-35(25-16-13-9-2)38(29-11-4,31-28-33-21-17-14-18-22-33)36(34)27-26-32(20-10-3)23-19-30-37(5,6)7/h32-36H,8-31H2,1-7H3/t32?,34-,35?,36?,38?/m0/s1. The summed E-state index contributed by atoms with van der Waals surface area (Å²) in [7, 11) is 0. The minimum atomic E-state index is 0.496. The van der Waals surface area contributed by atoms with Crippen LogP contribution in [0.1, 0.15) is 203 Å². The monoisotopic (exact) mass is 531 g/mol. The van der Waals surface area contributed by atoms with Crippen molar-refractivity contribution in [3.05, 3.63) is 0 Å². The van der Waals surface area contributed by atoms with Gasteiger partial charge in [0.05, 0.1) is 0 Å². The molecule has 0 spiro atoms. The summed E-state index contributed by atoms with van der Waals surface area (Å²) in [6.07, 6.45) is 35.8. The minimum absolute atomic E-state index is 0.496. The van der Waals surface area contributed by atoms with Crippen molar-refractivity contribution in [1.82, 2.24) is 0 Å². The Hall–Kier alpha value is 0. The first kappa shape index (κ1) is 34.2. The molecule has 0 heteroatoms. The van der Waals surface area contributed by atoms with Crippen molar-refractivity contribution in [2.24, 2.45) is 40.4 Å². The molecule has 226 valence electrons. The van der Waals surface area contributed by atoms with Crippen LogP contribution in [0.2, 0.25) is 0 Å². The van der Waals surface area contributed by atoms with Crippen molar-refractivity contribution in [3.63, 3.8) is 0 Å². The van der Waals surface area contributed by atoms with Crippen LogP contribution in [0.4, 0.5) is 0 Å². The molecule has 2 fully saturated rings. The summed E-state index contributed by atoms with van der Waals surface area (Å²) < 4.78 is 0. The molecule has 2 aliphatic rings. The highest BCUT2D eigenvalue weighted by atomic mass is 14.6. The summed E-state index contributed by atoms with van der Waals surface area (Å²) in [5, 5.41) is 0. The molecule has 0 aromatic rings. The predicted molar refractivity (Wildman–Crippen MR) is 173 cm³/mol. The van der Waals surface area contributed by atoms with Gasteiger partial charge in [-0.1, -0.05) is 158 Å². The van der Waals surface area contributed by atoms with Gasteiger partial charge in [-0.15, -0.1) is 0 Å². The van der Waals surface area contributed by atoms with E-state index >= 15 is 0 Å². The Kier molecular flexibility index (Phi) is 16.6. The Morgan fingerprint density at radius 3 is 1.87 bits per heavy atom. The van der Waals surface area contributed by atoms with Crippen molar-refractivity contribution in [3.8, 4) is 0 Å². The molecule has 0 nitrogen and oxygen atoms in total. The summed E-state index contributed by atoms with van der Waals surface area (Å²) >= 11 is 0. The highest BCUT2D eigenvalue weighted by Gasteiger charge is 2.58. The number of rotatable bonds is 21. The van der Waals surface area contributed by atoms with Crippen LogP contribution in [0.15, 0.2) is 0 Å². The third-order valence-electron chi connectivity index (χ3n) is 11.4. The summed E-state index contributed by atoms with van der Waals surface area (Å²) in [5.74, 6) is 5.17. The van der Waals surface area contributed by atoms with Crippen LogP contribution in [0.3, 0.4) is 0 Å². The van der Waals surface area contributed by atoms with E-state index in [0.29, 0.717) is 10.8 Å². The van der Waals surface area contributed by atoms with E-state index in [4.69, 9.17) is 0 Å². The molecule has 4 unspecified atom stereocenters. The molecule has 2 aliphatic carbocycles. The number of hydrogen-bond donors (Lipinski definition) is 0. The van der Waals surface area contributed by atoms with E-state index < -0.39 is 0 Å². The van der Waals surface area contributed by atoms with Gasteiger partial charge in [0, 0.05) is 0 Å². The van der Waals surface area contributed by atoms with Crippen molar-refractivity contribution >= 4 is 0 Å². The highest BCUT2D eigenvalue weighted by Crippen LogP contribution is 2.66. The van der Waals surface area contributed by atoms with E-state index in [1.807, 2.05) is 0 Å². The van der Waals surface area contributed by atoms with Gasteiger partial charge < -0.3 is 0 Å². The maximum absolute atomic E-state index is 2.51. The van der Waals surface area contributed by atoms with Crippen LogP contribution in [0.25, 0.3) is 0 Å². The summed E-state index contributed by atoms with van der Waals surface area (Å²) in [6.45, 7) is 17.0. The quantitative estimate of drug-likeness (QED) is 0.129. The Morgan fingerprint density at radius 1 is 0.605 bits per heavy atom. The number of hydrogen-bond acceptors (Lipinski definition) is 0. The lowest BCUT2D eigenvalue weighted by molar-refractivity contribution is -0.153. The van der Waals surface area contributed by atoms with Crippen molar-refractivity contribution in [1.29, 1.82) is 0 Å². The van der Waals surface area contributed by atoms with Crippen LogP contribution < -0.4 is 0 Å². The molecule has 0 aliphatic heterocycles. The van der Waals surface area contributed by atoms with Crippen LogP contribution in [-0.4, -0.2) is 0 Å². The smallest absolute Gasteiger partial charge is 0.0235 e. The molecule has 2 saturated carbocycles. The average Bonchev–Trinajstić information content (AvgIpc) is 2.88. The number of unbranched alkanes of at least 4 members (excludes halogenated alkanes) is 4. The first-order chi connectivity index (χ1) is 18.3. The van der Waals surface area contributed by atoms with E-state index in [1.54, 1.807) is 44.9 Å². The summed E-state index contributed by atoms with van der Waals surface area (Å²) in [4.78, 5) is 0. The summed E-state index contributed by atoms with van der Waals surface area (Å²) in [6, 6.07) is 0. The van der Waals surface area contributed by atoms with Gasteiger partial charge in [0.1, 0.15) is 0 Å². The molecule has 0 amide bonds. The van der Waals surface area contributed by atoms with Gasteiger partial charge in [0.25, 0.3) is 0 Å². The van der Waals surface area contributed by atoms with Crippen molar-refractivity contribution < 1.29 is 0 Å². The zero-order valence-corrected chi connectivity index (χ0v) is 27.9. The molecule has 0 heterocycles. The zero-order chi connectivity index (χ0) is 27.9. The Balaban J connectivity index is 2.19. The van der Waals surface area contributed by atoms with E-state index in [0.717, 1.165) is 29.6 Å². The maximum atomic E-state index is 2.51. The Morgan fingerprint density at radius 2 is 1.26 bits per heavy atom. The molecule has 5 atom stereocenters. The lowest BCUT2D eigenvalue weighted by Gasteiger charge is -2.64. The lowest BCUT2D eigenvalue weighted by atomic mass is 9.41. The Labute approximate surface area is 242 Å². The van der Waals surface area contributed by atoms with Gasteiger partial charge in [-0.05, 0) is 85.4 Å². The molecule has 0 aromatic carbocycles. The molecule has 0 aromatic heterocycles. The van der Waals surface area contributed by atoms with E-state index in [2.05, 4.69) is 48.5 Å². The third kappa shape index (κ3) is 11.1. The normalized spacial score (nSPS) is 27.4. The fraction of sp³-hybridized carbons (Fsp3) is 1.00. The second kappa shape index (κ2) is 18.4. The van der Waals surface area contributed by atoms with Gasteiger partial charge >= 0.3 is 0 Å². The van der Waals surface area contributed by atoms with Crippen LogP contribution in [0, 0.1) is 40.4 Å². The van der Waals surface area contributed by atoms with Crippen LogP contribution in [0.5, 0.6) is 0 Å². The van der Waals surface area contributed by atoms with Crippen LogP contribution >= 0.6 is 0 Å². The molecular formula is C38H74. The SMILES string of the molecule is CCCCCC1[C@H](CCCCC)C(CCC(CCC)CCCC(C)(C)C)C1(CCC)CCC1CCCCC1. The van der Waals surface area contributed by atoms with Crippen LogP contribution in [-0.2, 0) is 0 Å². The fourth-order valence-corrected chi connectivity index (χ4v) is 9.40. The average molecular weight is 531 g/mol. The fourth-order valence-electron chi connectivity index (χ4n) is 9.40. The summed E-state index contributed by atoms with van der Waals surface area (Å²) in [5.41, 5.74) is 1.19. The molecule has 0 bridgehead atoms. The maximum Gasteiger partial charge on any atom is -0.0235 e. The minimum Gasteiger partial charge on any atom is -0.0654 e. The Bertz CT molecular complexity index is 563. The van der Waals surface area contributed by atoms with Gasteiger partial charge in [-0.2, -0.15) is 0 Å². The zero-order valence-electron chi connectivity index (χ0n) is 27.9. The second-order valence-electron chi connectivity index (χ2n) is 15.6. The van der Waals surface area contributed by atoms with Gasteiger partial charge in [0.2, 0.25) is 0 Å². The lowest BCUT2D eigenvalue weighted by Crippen LogP contribution is -2.57. The van der Waals surface area contributed by atoms with Crippen molar-refractivity contribution in [2.45, 2.75) is 203 Å². The first-order valence-corrected chi connectivity index (χ1v) is 18.3. The third-order valence-corrected chi connectivity index (χ3v) is 11.4. The molecule has 2 rings (SSSR count). The van der Waals surface area contributed by atoms with Gasteiger partial charge in [-0.25, -0.2) is 0 Å². The van der Waals surface area contributed by atoms with E-state index in [-0.39, 0.29) is 0 Å². The topological polar surface area (TPSA) is 0 Å².